The summed E-state index contributed by atoms with van der Waals surface area (Å²) in [6, 6.07) is 0.569. The molecule has 1 aliphatic rings. The summed E-state index contributed by atoms with van der Waals surface area (Å²) in [5, 5.41) is 0. The zero-order chi connectivity index (χ0) is 10.8. The Labute approximate surface area is 89.5 Å². The Morgan fingerprint density at radius 1 is 1.53 bits per heavy atom. The summed E-state index contributed by atoms with van der Waals surface area (Å²) in [6.45, 7) is 1.17. The first-order chi connectivity index (χ1) is 7.16. The summed E-state index contributed by atoms with van der Waals surface area (Å²) >= 11 is 0. The van der Waals surface area contributed by atoms with Crippen molar-refractivity contribution >= 4 is 11.8 Å². The molecular formula is C10H17N5. The molecule has 0 amide bonds. The maximum absolute atomic E-state index is 5.80. The topological polar surface area (TPSA) is 81.1 Å². The van der Waals surface area contributed by atoms with Crippen molar-refractivity contribution in [2.75, 3.05) is 25.1 Å². The van der Waals surface area contributed by atoms with Gasteiger partial charge in [0.25, 0.3) is 0 Å². The van der Waals surface area contributed by atoms with Gasteiger partial charge in [-0.25, -0.2) is 4.98 Å². The number of nitrogen functional groups attached to an aromatic ring is 2. The number of hydrogen-bond donors (Lipinski definition) is 2. The highest BCUT2D eigenvalue weighted by Gasteiger charge is 2.22. The number of aromatic nitrogens is 2. The highest BCUT2D eigenvalue weighted by Crippen LogP contribution is 2.21. The van der Waals surface area contributed by atoms with Crippen LogP contribution in [0.5, 0.6) is 0 Å². The molecular weight excluding hydrogens is 190 g/mol. The van der Waals surface area contributed by atoms with E-state index >= 15 is 0 Å². The van der Waals surface area contributed by atoms with Gasteiger partial charge < -0.3 is 16.4 Å². The molecule has 2 rings (SSSR count). The second kappa shape index (κ2) is 4.02. The third kappa shape index (κ3) is 2.18. The van der Waals surface area contributed by atoms with Crippen molar-refractivity contribution in [3.05, 3.63) is 11.8 Å². The fourth-order valence-corrected chi connectivity index (χ4v) is 2.08. The number of likely N-dealkylation sites (tertiary alicyclic amines) is 1. The van der Waals surface area contributed by atoms with Gasteiger partial charge in [0.15, 0.2) is 0 Å². The first-order valence-electron chi connectivity index (χ1n) is 5.24. The van der Waals surface area contributed by atoms with Gasteiger partial charge in [0.05, 0.1) is 0 Å². The number of nitrogens with two attached hydrogens (primary N) is 2. The van der Waals surface area contributed by atoms with E-state index < -0.39 is 0 Å². The summed E-state index contributed by atoms with van der Waals surface area (Å²) in [5.41, 5.74) is 12.2. The first-order valence-corrected chi connectivity index (χ1v) is 5.24. The fourth-order valence-electron chi connectivity index (χ4n) is 2.08. The van der Waals surface area contributed by atoms with Crippen LogP contribution in [0.15, 0.2) is 6.20 Å². The van der Waals surface area contributed by atoms with E-state index in [2.05, 4.69) is 21.9 Å². The summed E-state index contributed by atoms with van der Waals surface area (Å²) in [6.07, 6.45) is 5.14. The molecule has 15 heavy (non-hydrogen) atoms. The Bertz CT molecular complexity index is 352. The molecule has 2 heterocycles. The van der Waals surface area contributed by atoms with E-state index in [1.54, 1.807) is 6.20 Å². The SMILES string of the molecule is CN1CCC[C@H]1Cc1cnc(N)nc1N. The Hall–Kier alpha value is -1.36. The van der Waals surface area contributed by atoms with Gasteiger partial charge in [-0.2, -0.15) is 4.98 Å². The minimum Gasteiger partial charge on any atom is -0.383 e. The molecule has 1 aromatic heterocycles. The van der Waals surface area contributed by atoms with Crippen LogP contribution in [0.3, 0.4) is 0 Å². The Morgan fingerprint density at radius 2 is 2.33 bits per heavy atom. The molecule has 82 valence electrons. The predicted octanol–water partition coefficient (Wildman–Crippen LogP) is 0.278. The molecule has 0 bridgehead atoms. The van der Waals surface area contributed by atoms with Crippen molar-refractivity contribution in [2.24, 2.45) is 0 Å². The van der Waals surface area contributed by atoms with E-state index in [1.807, 2.05) is 0 Å². The monoisotopic (exact) mass is 207 g/mol. The minimum absolute atomic E-state index is 0.246. The zero-order valence-corrected chi connectivity index (χ0v) is 8.98. The van der Waals surface area contributed by atoms with E-state index in [-0.39, 0.29) is 5.95 Å². The molecule has 0 aromatic carbocycles. The van der Waals surface area contributed by atoms with E-state index in [0.717, 1.165) is 12.0 Å². The predicted molar refractivity (Wildman–Crippen MR) is 60.2 cm³/mol. The van der Waals surface area contributed by atoms with Crippen molar-refractivity contribution in [3.63, 3.8) is 0 Å². The van der Waals surface area contributed by atoms with E-state index in [1.165, 1.54) is 19.4 Å². The molecule has 5 nitrogen and oxygen atoms in total. The largest absolute Gasteiger partial charge is 0.383 e. The maximum Gasteiger partial charge on any atom is 0.221 e. The molecule has 4 N–H and O–H groups in total. The Kier molecular flexibility index (Phi) is 2.73. The lowest BCUT2D eigenvalue weighted by molar-refractivity contribution is 0.309. The third-order valence-corrected chi connectivity index (χ3v) is 3.04. The Morgan fingerprint density at radius 3 is 2.93 bits per heavy atom. The van der Waals surface area contributed by atoms with Crippen LogP contribution < -0.4 is 11.5 Å². The average Bonchev–Trinajstić information content (AvgIpc) is 2.57. The van der Waals surface area contributed by atoms with Crippen molar-refractivity contribution in [1.29, 1.82) is 0 Å². The molecule has 1 saturated heterocycles. The first kappa shape index (κ1) is 10.2. The minimum atomic E-state index is 0.246. The van der Waals surface area contributed by atoms with Gasteiger partial charge in [0.1, 0.15) is 5.82 Å². The highest BCUT2D eigenvalue weighted by atomic mass is 15.1. The molecule has 1 aromatic rings. The normalized spacial score (nSPS) is 22.1. The molecule has 0 spiro atoms. The van der Waals surface area contributed by atoms with Gasteiger partial charge in [-0.1, -0.05) is 0 Å². The van der Waals surface area contributed by atoms with Crippen molar-refractivity contribution in [2.45, 2.75) is 25.3 Å². The fraction of sp³-hybridized carbons (Fsp3) is 0.600. The lowest BCUT2D eigenvalue weighted by Gasteiger charge is -2.19. The van der Waals surface area contributed by atoms with Gasteiger partial charge in [-0.05, 0) is 32.9 Å². The molecule has 5 heteroatoms. The third-order valence-electron chi connectivity index (χ3n) is 3.04. The van der Waals surface area contributed by atoms with Gasteiger partial charge in [-0.15, -0.1) is 0 Å². The lowest BCUT2D eigenvalue weighted by atomic mass is 10.1. The number of nitrogens with zero attached hydrogens (tertiary/aromatic N) is 3. The van der Waals surface area contributed by atoms with Crippen LogP contribution in [0, 0.1) is 0 Å². The van der Waals surface area contributed by atoms with E-state index in [4.69, 9.17) is 11.5 Å². The number of hydrogen-bond acceptors (Lipinski definition) is 5. The molecule has 1 atom stereocenters. The van der Waals surface area contributed by atoms with Crippen molar-refractivity contribution in [1.82, 2.24) is 14.9 Å². The molecule has 0 unspecified atom stereocenters. The van der Waals surface area contributed by atoms with E-state index in [9.17, 15) is 0 Å². The van der Waals surface area contributed by atoms with Crippen LogP contribution in [0.25, 0.3) is 0 Å². The summed E-state index contributed by atoms with van der Waals surface area (Å²) < 4.78 is 0. The van der Waals surface area contributed by atoms with Gasteiger partial charge in [0, 0.05) is 17.8 Å². The molecule has 0 radical (unpaired) electrons. The van der Waals surface area contributed by atoms with E-state index in [0.29, 0.717) is 11.9 Å². The number of likely N-dealkylation sites (N-methyl/N-ethyl adjacent to an activating group) is 1. The second-order valence-corrected chi connectivity index (χ2v) is 4.12. The van der Waals surface area contributed by atoms with Crippen LogP contribution >= 0.6 is 0 Å². The van der Waals surface area contributed by atoms with Gasteiger partial charge >= 0.3 is 0 Å². The van der Waals surface area contributed by atoms with Gasteiger partial charge in [0.2, 0.25) is 5.95 Å². The smallest absolute Gasteiger partial charge is 0.221 e. The summed E-state index contributed by atoms with van der Waals surface area (Å²) in [5.74, 6) is 0.763. The molecule has 0 aliphatic carbocycles. The zero-order valence-electron chi connectivity index (χ0n) is 8.98. The number of anilines is 2. The molecule has 1 fully saturated rings. The quantitative estimate of drug-likeness (QED) is 0.728. The van der Waals surface area contributed by atoms with Crippen LogP contribution in [-0.4, -0.2) is 34.5 Å². The van der Waals surface area contributed by atoms with Crippen LogP contribution in [0.4, 0.5) is 11.8 Å². The van der Waals surface area contributed by atoms with Crippen molar-refractivity contribution < 1.29 is 0 Å². The molecule has 0 saturated carbocycles. The summed E-state index contributed by atoms with van der Waals surface area (Å²) in [4.78, 5) is 10.3. The van der Waals surface area contributed by atoms with Crippen molar-refractivity contribution in [3.8, 4) is 0 Å². The van der Waals surface area contributed by atoms with Crippen LogP contribution in [-0.2, 0) is 6.42 Å². The standard InChI is InChI=1S/C10H17N5/c1-15-4-2-3-8(15)5-7-6-13-10(12)14-9(7)11/h6,8H,2-5H2,1H3,(H4,11,12,13,14)/t8-/m0/s1. The van der Waals surface area contributed by atoms with Crippen LogP contribution in [0.1, 0.15) is 18.4 Å². The molecule has 1 aliphatic heterocycles. The summed E-state index contributed by atoms with van der Waals surface area (Å²) in [7, 11) is 2.14. The lowest BCUT2D eigenvalue weighted by Crippen LogP contribution is -2.27. The maximum atomic E-state index is 5.80. The number of rotatable bonds is 2. The Balaban J connectivity index is 2.10. The average molecular weight is 207 g/mol. The van der Waals surface area contributed by atoms with Crippen LogP contribution in [0.2, 0.25) is 0 Å². The van der Waals surface area contributed by atoms with Gasteiger partial charge in [-0.3, -0.25) is 0 Å². The second-order valence-electron chi connectivity index (χ2n) is 4.12. The highest BCUT2D eigenvalue weighted by molar-refractivity contribution is 5.41.